The first-order chi connectivity index (χ1) is 11.2. The first-order valence-corrected chi connectivity index (χ1v) is 10.7. The summed E-state index contributed by atoms with van der Waals surface area (Å²) in [4.78, 5) is 17.0. The average molecular weight is 369 g/mol. The van der Waals surface area contributed by atoms with Crippen molar-refractivity contribution in [2.45, 2.75) is 45.3 Å². The van der Waals surface area contributed by atoms with Crippen molar-refractivity contribution in [3.8, 4) is 0 Å². The summed E-state index contributed by atoms with van der Waals surface area (Å²) in [5, 5.41) is 4.23. The molecule has 23 heavy (non-hydrogen) atoms. The summed E-state index contributed by atoms with van der Waals surface area (Å²) < 4.78 is 0. The number of thiophene rings is 2. The zero-order valence-corrected chi connectivity index (χ0v) is 15.9. The van der Waals surface area contributed by atoms with Crippen molar-refractivity contribution >= 4 is 39.7 Å². The van der Waals surface area contributed by atoms with Gasteiger partial charge in [-0.2, -0.15) is 0 Å². The lowest BCUT2D eigenvalue weighted by atomic mass is 10.2. The van der Waals surface area contributed by atoms with Crippen LogP contribution < -0.4 is 5.73 Å². The zero-order chi connectivity index (χ0) is 16.5. The van der Waals surface area contributed by atoms with Crippen molar-refractivity contribution in [3.63, 3.8) is 0 Å². The van der Waals surface area contributed by atoms with Gasteiger partial charge in [0.15, 0.2) is 0 Å². The Balaban J connectivity index is 1.90. The van der Waals surface area contributed by atoms with Gasteiger partial charge in [-0.15, -0.1) is 22.7 Å². The van der Waals surface area contributed by atoms with E-state index in [4.69, 9.17) is 5.73 Å². The number of carbonyl (C=O) groups excluding carboxylic acids is 1. The molecule has 0 unspecified atom stereocenters. The van der Waals surface area contributed by atoms with Gasteiger partial charge in [0.05, 0.1) is 13.1 Å². The van der Waals surface area contributed by atoms with Crippen LogP contribution in [0.15, 0.2) is 35.0 Å². The molecule has 0 spiro atoms. The molecular weight excluding hydrogens is 344 g/mol. The molecule has 0 aliphatic rings. The third-order valence-corrected chi connectivity index (χ3v) is 6.28. The highest BCUT2D eigenvalue weighted by Crippen LogP contribution is 2.21. The Hall–Kier alpha value is -0.820. The first-order valence-electron chi connectivity index (χ1n) is 7.91. The molecular formula is C17H24N2OS3. The Morgan fingerprint density at radius 1 is 1.22 bits per heavy atom. The number of nitrogens with two attached hydrogens (primary N) is 1. The van der Waals surface area contributed by atoms with Crippen LogP contribution >= 0.6 is 34.4 Å². The number of amides is 1. The van der Waals surface area contributed by atoms with E-state index in [1.54, 1.807) is 22.7 Å². The van der Waals surface area contributed by atoms with Crippen LogP contribution in [0, 0.1) is 0 Å². The third-order valence-electron chi connectivity index (χ3n) is 3.46. The lowest BCUT2D eigenvalue weighted by Gasteiger charge is -2.22. The van der Waals surface area contributed by atoms with Gasteiger partial charge in [-0.05, 0) is 29.3 Å². The molecule has 2 N–H and O–H groups in total. The number of rotatable bonds is 9. The Bertz CT molecular complexity index is 518. The summed E-state index contributed by atoms with van der Waals surface area (Å²) in [6, 6.07) is 8.33. The van der Waals surface area contributed by atoms with Crippen LogP contribution in [-0.4, -0.2) is 21.9 Å². The molecule has 2 rings (SSSR count). The van der Waals surface area contributed by atoms with Crippen LogP contribution in [0.3, 0.4) is 0 Å². The van der Waals surface area contributed by atoms with Crippen LogP contribution in [0.4, 0.5) is 4.79 Å². The Labute approximate surface area is 150 Å². The van der Waals surface area contributed by atoms with E-state index in [2.05, 4.69) is 29.8 Å². The largest absolute Gasteiger partial charge is 0.327 e. The van der Waals surface area contributed by atoms with Crippen LogP contribution in [0.1, 0.15) is 35.9 Å². The molecule has 0 saturated heterocycles. The zero-order valence-electron chi connectivity index (χ0n) is 13.4. The molecule has 1 amide bonds. The fourth-order valence-corrected chi connectivity index (χ4v) is 4.46. The lowest BCUT2D eigenvalue weighted by molar-refractivity contribution is 0.219. The van der Waals surface area contributed by atoms with Crippen LogP contribution in [-0.2, 0) is 13.1 Å². The summed E-state index contributed by atoms with van der Waals surface area (Å²) in [6.07, 6.45) is 3.27. The van der Waals surface area contributed by atoms with E-state index in [1.165, 1.54) is 21.5 Å². The summed E-state index contributed by atoms with van der Waals surface area (Å²) in [5.74, 6) is 0.699. The van der Waals surface area contributed by atoms with E-state index in [0.717, 1.165) is 19.3 Å². The molecule has 0 bridgehead atoms. The van der Waals surface area contributed by atoms with Gasteiger partial charge in [0.1, 0.15) is 0 Å². The summed E-state index contributed by atoms with van der Waals surface area (Å²) in [7, 11) is 0. The van der Waals surface area contributed by atoms with E-state index in [1.807, 2.05) is 17.0 Å². The SMILES string of the molecule is CCCC[C@H](N)CSC(=O)N(Cc1cccs1)Cc1cccs1. The van der Waals surface area contributed by atoms with Gasteiger partial charge in [0.25, 0.3) is 5.24 Å². The minimum atomic E-state index is 0.106. The third kappa shape index (κ3) is 6.67. The predicted octanol–water partition coefficient (Wildman–Crippen LogP) is 5.18. The van der Waals surface area contributed by atoms with Gasteiger partial charge in [0, 0.05) is 21.5 Å². The van der Waals surface area contributed by atoms with Gasteiger partial charge < -0.3 is 10.6 Å². The number of nitrogens with zero attached hydrogens (tertiary/aromatic N) is 1. The van der Waals surface area contributed by atoms with Crippen molar-refractivity contribution in [2.24, 2.45) is 5.73 Å². The Morgan fingerprint density at radius 2 is 1.83 bits per heavy atom. The fraction of sp³-hybridized carbons (Fsp3) is 0.471. The molecule has 126 valence electrons. The Morgan fingerprint density at radius 3 is 2.30 bits per heavy atom. The summed E-state index contributed by atoms with van der Waals surface area (Å²) in [5.41, 5.74) is 6.09. The van der Waals surface area contributed by atoms with Crippen LogP contribution in [0.2, 0.25) is 0 Å². The number of hydrogen-bond acceptors (Lipinski definition) is 5. The van der Waals surface area contributed by atoms with Gasteiger partial charge in [-0.1, -0.05) is 43.7 Å². The normalized spacial score (nSPS) is 12.3. The molecule has 2 aromatic heterocycles. The summed E-state index contributed by atoms with van der Waals surface area (Å²) >= 11 is 4.74. The van der Waals surface area contributed by atoms with E-state index < -0.39 is 0 Å². The quantitative estimate of drug-likeness (QED) is 0.663. The predicted molar refractivity (Wildman–Crippen MR) is 103 cm³/mol. The number of hydrogen-bond donors (Lipinski definition) is 1. The topological polar surface area (TPSA) is 46.3 Å². The van der Waals surface area contributed by atoms with Crippen LogP contribution in [0.5, 0.6) is 0 Å². The standard InChI is InChI=1S/C17H24N2OS3/c1-2-3-6-14(18)13-23-17(20)19(11-15-7-4-9-21-15)12-16-8-5-10-22-16/h4-5,7-10,14H,2-3,6,11-13,18H2,1H3/t14-/m0/s1. The molecule has 0 aromatic carbocycles. The number of unbranched alkanes of at least 4 members (excludes halogenated alkanes) is 1. The van der Waals surface area contributed by atoms with Gasteiger partial charge in [0.2, 0.25) is 0 Å². The van der Waals surface area contributed by atoms with Crippen molar-refractivity contribution in [3.05, 3.63) is 44.8 Å². The maximum atomic E-state index is 12.6. The van der Waals surface area contributed by atoms with Crippen molar-refractivity contribution in [1.29, 1.82) is 0 Å². The molecule has 6 heteroatoms. The highest BCUT2D eigenvalue weighted by Gasteiger charge is 2.17. The van der Waals surface area contributed by atoms with Crippen molar-refractivity contribution in [2.75, 3.05) is 5.75 Å². The van der Waals surface area contributed by atoms with Crippen LogP contribution in [0.25, 0.3) is 0 Å². The minimum Gasteiger partial charge on any atom is -0.327 e. The molecule has 2 aromatic rings. The Kier molecular flexibility index (Phi) is 8.16. The molecule has 3 nitrogen and oxygen atoms in total. The smallest absolute Gasteiger partial charge is 0.282 e. The lowest BCUT2D eigenvalue weighted by Crippen LogP contribution is -2.29. The van der Waals surface area contributed by atoms with Gasteiger partial charge in [-0.25, -0.2) is 0 Å². The fourth-order valence-electron chi connectivity index (χ4n) is 2.19. The van der Waals surface area contributed by atoms with E-state index >= 15 is 0 Å². The minimum absolute atomic E-state index is 0.106. The molecule has 0 saturated carbocycles. The second-order valence-electron chi connectivity index (χ2n) is 5.49. The van der Waals surface area contributed by atoms with E-state index in [9.17, 15) is 4.79 Å². The highest BCUT2D eigenvalue weighted by molar-refractivity contribution is 8.13. The van der Waals surface area contributed by atoms with Gasteiger partial charge >= 0.3 is 0 Å². The molecule has 0 fully saturated rings. The van der Waals surface area contributed by atoms with E-state index in [-0.39, 0.29) is 11.3 Å². The van der Waals surface area contributed by atoms with E-state index in [0.29, 0.717) is 18.8 Å². The average Bonchev–Trinajstić information content (AvgIpc) is 3.23. The van der Waals surface area contributed by atoms with Crippen molar-refractivity contribution < 1.29 is 4.79 Å². The molecule has 0 aliphatic heterocycles. The van der Waals surface area contributed by atoms with Crippen molar-refractivity contribution in [1.82, 2.24) is 4.90 Å². The molecule has 2 heterocycles. The molecule has 1 atom stereocenters. The second-order valence-corrected chi connectivity index (χ2v) is 8.53. The maximum Gasteiger partial charge on any atom is 0.282 e. The number of carbonyl (C=O) groups is 1. The number of thioether (sulfide) groups is 1. The maximum absolute atomic E-state index is 12.6. The highest BCUT2D eigenvalue weighted by atomic mass is 32.2. The molecule has 0 aliphatic carbocycles. The second kappa shape index (κ2) is 10.1. The van der Waals surface area contributed by atoms with Gasteiger partial charge in [-0.3, -0.25) is 4.79 Å². The monoisotopic (exact) mass is 368 g/mol. The first kappa shape index (κ1) is 18.5. The molecule has 0 radical (unpaired) electrons. The summed E-state index contributed by atoms with van der Waals surface area (Å²) in [6.45, 7) is 3.51.